The first kappa shape index (κ1) is 16.4. The first-order chi connectivity index (χ1) is 11.7. The van der Waals surface area contributed by atoms with E-state index in [0.29, 0.717) is 16.4 Å². The van der Waals surface area contributed by atoms with Crippen LogP contribution < -0.4 is 4.74 Å². The molecule has 122 valence electrons. The molecule has 0 bridgehead atoms. The highest BCUT2D eigenvalue weighted by molar-refractivity contribution is 7.13. The fourth-order valence-corrected chi connectivity index (χ4v) is 2.89. The molecule has 2 heterocycles. The number of hydrogen-bond acceptors (Lipinski definition) is 6. The highest BCUT2D eigenvalue weighted by Crippen LogP contribution is 2.27. The molecule has 0 saturated carbocycles. The molecule has 5 nitrogen and oxygen atoms in total. The van der Waals surface area contributed by atoms with Gasteiger partial charge in [-0.2, -0.15) is 0 Å². The van der Waals surface area contributed by atoms with Crippen LogP contribution in [0.3, 0.4) is 0 Å². The van der Waals surface area contributed by atoms with Crippen molar-refractivity contribution in [3.8, 4) is 16.3 Å². The van der Waals surface area contributed by atoms with Gasteiger partial charge in [-0.25, -0.2) is 14.8 Å². The van der Waals surface area contributed by atoms with E-state index in [9.17, 15) is 4.79 Å². The van der Waals surface area contributed by atoms with Gasteiger partial charge in [-0.15, -0.1) is 11.3 Å². The van der Waals surface area contributed by atoms with Gasteiger partial charge in [0.15, 0.2) is 0 Å². The van der Waals surface area contributed by atoms with Gasteiger partial charge in [0.25, 0.3) is 0 Å². The molecule has 3 aromatic rings. The molecule has 0 radical (unpaired) electrons. The number of ether oxygens (including phenoxy) is 2. The average molecular weight is 361 g/mol. The van der Waals surface area contributed by atoms with Crippen LogP contribution >= 0.6 is 22.9 Å². The van der Waals surface area contributed by atoms with Gasteiger partial charge in [-0.1, -0.05) is 23.7 Å². The summed E-state index contributed by atoms with van der Waals surface area (Å²) in [6.45, 7) is 0.0991. The molecule has 0 N–H and O–H groups in total. The zero-order valence-corrected chi connectivity index (χ0v) is 14.3. The van der Waals surface area contributed by atoms with Crippen LogP contribution in [0.2, 0.25) is 5.15 Å². The summed E-state index contributed by atoms with van der Waals surface area (Å²) in [7, 11) is 1.62. The summed E-state index contributed by atoms with van der Waals surface area (Å²) in [5, 5.41) is 3.03. The van der Waals surface area contributed by atoms with E-state index in [1.165, 1.54) is 17.5 Å². The highest BCUT2D eigenvalue weighted by Gasteiger charge is 2.10. The minimum absolute atomic E-state index is 0.0991. The number of carbonyl (C=O) groups is 1. The maximum atomic E-state index is 11.9. The van der Waals surface area contributed by atoms with Gasteiger partial charge < -0.3 is 9.47 Å². The Labute approximate surface area is 147 Å². The minimum atomic E-state index is -0.463. The molecule has 0 atom stereocenters. The maximum absolute atomic E-state index is 11.9. The molecule has 0 aliphatic carbocycles. The summed E-state index contributed by atoms with van der Waals surface area (Å²) in [5.41, 5.74) is 1.99. The average Bonchev–Trinajstić information content (AvgIpc) is 3.09. The Balaban J connectivity index is 1.65. The number of aromatic nitrogens is 2. The summed E-state index contributed by atoms with van der Waals surface area (Å²) in [6, 6.07) is 10.8. The fourth-order valence-electron chi connectivity index (χ4n) is 1.98. The van der Waals surface area contributed by atoms with Gasteiger partial charge in [0, 0.05) is 17.1 Å². The lowest BCUT2D eigenvalue weighted by Crippen LogP contribution is -2.05. The molecule has 3 rings (SSSR count). The van der Waals surface area contributed by atoms with Crippen molar-refractivity contribution >= 4 is 28.9 Å². The number of halogens is 1. The third-order valence-electron chi connectivity index (χ3n) is 3.18. The predicted molar refractivity (Wildman–Crippen MR) is 92.5 cm³/mol. The monoisotopic (exact) mass is 360 g/mol. The van der Waals surface area contributed by atoms with Gasteiger partial charge in [-0.3, -0.25) is 0 Å². The normalized spacial score (nSPS) is 10.4. The van der Waals surface area contributed by atoms with Gasteiger partial charge in [-0.05, 0) is 24.3 Å². The molecule has 1 aromatic carbocycles. The molecule has 0 amide bonds. The standard InChI is InChI=1S/C17H13ClN2O3S/c1-22-14-4-2-3-11(7-14)16-20-13(10-24-16)9-23-17(21)12-5-6-15(18)19-8-12/h2-8,10H,9H2,1H3. The lowest BCUT2D eigenvalue weighted by Gasteiger charge is -2.03. The Hall–Kier alpha value is -2.44. The van der Waals surface area contributed by atoms with Crippen LogP contribution in [-0.2, 0) is 11.3 Å². The van der Waals surface area contributed by atoms with E-state index in [4.69, 9.17) is 21.1 Å². The lowest BCUT2D eigenvalue weighted by molar-refractivity contribution is 0.0468. The molecule has 0 unspecified atom stereocenters. The Morgan fingerprint density at radius 1 is 1.29 bits per heavy atom. The number of benzene rings is 1. The molecular weight excluding hydrogens is 348 g/mol. The number of thiazole rings is 1. The SMILES string of the molecule is COc1cccc(-c2nc(COC(=O)c3ccc(Cl)nc3)cs2)c1. The topological polar surface area (TPSA) is 61.3 Å². The molecule has 0 aliphatic heterocycles. The van der Waals surface area contributed by atoms with Crippen molar-refractivity contribution < 1.29 is 14.3 Å². The van der Waals surface area contributed by atoms with Crippen LogP contribution in [0, 0.1) is 0 Å². The molecule has 0 fully saturated rings. The number of rotatable bonds is 5. The zero-order chi connectivity index (χ0) is 16.9. The zero-order valence-electron chi connectivity index (χ0n) is 12.7. The van der Waals surface area contributed by atoms with Gasteiger partial charge >= 0.3 is 5.97 Å². The van der Waals surface area contributed by atoms with Gasteiger partial charge in [0.05, 0.1) is 18.4 Å². The molecule has 0 saturated heterocycles. The van der Waals surface area contributed by atoms with Crippen molar-refractivity contribution in [1.82, 2.24) is 9.97 Å². The summed E-state index contributed by atoms with van der Waals surface area (Å²) >= 11 is 7.17. The number of carbonyl (C=O) groups excluding carboxylic acids is 1. The van der Waals surface area contributed by atoms with E-state index in [-0.39, 0.29) is 6.61 Å². The minimum Gasteiger partial charge on any atom is -0.497 e. The first-order valence-electron chi connectivity index (χ1n) is 7.03. The lowest BCUT2D eigenvalue weighted by atomic mass is 10.2. The van der Waals surface area contributed by atoms with Crippen molar-refractivity contribution in [1.29, 1.82) is 0 Å². The second-order valence-corrected chi connectivity index (χ2v) is 6.07. The van der Waals surface area contributed by atoms with Crippen LogP contribution in [0.1, 0.15) is 16.1 Å². The first-order valence-corrected chi connectivity index (χ1v) is 8.29. The van der Waals surface area contributed by atoms with Gasteiger partial charge in [0.2, 0.25) is 0 Å². The fraction of sp³-hybridized carbons (Fsp3) is 0.118. The molecule has 2 aromatic heterocycles. The number of nitrogens with zero attached hydrogens (tertiary/aromatic N) is 2. The van der Waals surface area contributed by atoms with Crippen LogP contribution in [0.25, 0.3) is 10.6 Å². The number of pyridine rings is 1. The largest absolute Gasteiger partial charge is 0.497 e. The van der Waals surface area contributed by atoms with Crippen LogP contribution in [-0.4, -0.2) is 23.0 Å². The van der Waals surface area contributed by atoms with Crippen molar-refractivity contribution in [3.63, 3.8) is 0 Å². The smallest absolute Gasteiger partial charge is 0.340 e. The Morgan fingerprint density at radius 3 is 2.92 bits per heavy atom. The molecular formula is C17H13ClN2O3S. The predicted octanol–water partition coefficient (Wildman–Crippen LogP) is 4.22. The second kappa shape index (κ2) is 7.42. The molecule has 7 heteroatoms. The maximum Gasteiger partial charge on any atom is 0.340 e. The number of methoxy groups -OCH3 is 1. The van der Waals surface area contributed by atoms with E-state index in [1.807, 2.05) is 29.6 Å². The summed E-state index contributed by atoms with van der Waals surface area (Å²) < 4.78 is 10.5. The van der Waals surface area contributed by atoms with Crippen LogP contribution in [0.5, 0.6) is 5.75 Å². The highest BCUT2D eigenvalue weighted by atomic mass is 35.5. The summed E-state index contributed by atoms with van der Waals surface area (Å²) in [6.07, 6.45) is 1.38. The molecule has 0 aliphatic rings. The molecule has 0 spiro atoms. The van der Waals surface area contributed by atoms with Crippen molar-refractivity contribution in [2.45, 2.75) is 6.61 Å². The van der Waals surface area contributed by atoms with E-state index in [2.05, 4.69) is 9.97 Å². The summed E-state index contributed by atoms with van der Waals surface area (Å²) in [5.74, 6) is 0.306. The van der Waals surface area contributed by atoms with E-state index in [0.717, 1.165) is 16.3 Å². The van der Waals surface area contributed by atoms with Crippen molar-refractivity contribution in [3.05, 3.63) is 64.4 Å². The van der Waals surface area contributed by atoms with Crippen molar-refractivity contribution in [2.24, 2.45) is 0 Å². The van der Waals surface area contributed by atoms with Crippen LogP contribution in [0.4, 0.5) is 0 Å². The quantitative estimate of drug-likeness (QED) is 0.503. The van der Waals surface area contributed by atoms with E-state index in [1.54, 1.807) is 19.2 Å². The third kappa shape index (κ3) is 3.90. The Bertz CT molecular complexity index is 849. The Morgan fingerprint density at radius 2 is 2.17 bits per heavy atom. The van der Waals surface area contributed by atoms with E-state index >= 15 is 0 Å². The summed E-state index contributed by atoms with van der Waals surface area (Å²) in [4.78, 5) is 20.3. The second-order valence-electron chi connectivity index (χ2n) is 4.82. The number of esters is 1. The van der Waals surface area contributed by atoms with E-state index < -0.39 is 5.97 Å². The number of hydrogen-bond donors (Lipinski definition) is 0. The van der Waals surface area contributed by atoms with Gasteiger partial charge in [0.1, 0.15) is 22.5 Å². The third-order valence-corrected chi connectivity index (χ3v) is 4.35. The Kier molecular flexibility index (Phi) is 5.08. The van der Waals surface area contributed by atoms with Crippen molar-refractivity contribution in [2.75, 3.05) is 7.11 Å². The van der Waals surface area contributed by atoms with Crippen LogP contribution in [0.15, 0.2) is 48.0 Å². The molecule has 24 heavy (non-hydrogen) atoms.